The van der Waals surface area contributed by atoms with Crippen molar-refractivity contribution in [1.29, 1.82) is 0 Å². The van der Waals surface area contributed by atoms with Crippen molar-refractivity contribution in [3.05, 3.63) is 34.6 Å². The summed E-state index contributed by atoms with van der Waals surface area (Å²) < 4.78 is 1.84. The Hall–Kier alpha value is -1.46. The maximum absolute atomic E-state index is 6.29. The van der Waals surface area contributed by atoms with Crippen molar-refractivity contribution in [2.75, 3.05) is 6.54 Å². The van der Waals surface area contributed by atoms with E-state index in [1.165, 1.54) is 12.8 Å². The lowest BCUT2D eigenvalue weighted by Gasteiger charge is -2.38. The standard InChI is InChI=1S/C17H24ClN5/c1-4-19-17(9-7-12(2)8-10-17)16-20-21-22-23(16)14-6-5-13(3)15(18)11-14/h5-6,11-12,19H,4,7-10H2,1-3H3. The summed E-state index contributed by atoms with van der Waals surface area (Å²) in [5.74, 6) is 1.66. The molecule has 23 heavy (non-hydrogen) atoms. The molecule has 6 heteroatoms. The van der Waals surface area contributed by atoms with Crippen LogP contribution >= 0.6 is 11.6 Å². The fourth-order valence-corrected chi connectivity index (χ4v) is 3.62. The Morgan fingerprint density at radius 1 is 1.35 bits per heavy atom. The predicted molar refractivity (Wildman–Crippen MR) is 91.9 cm³/mol. The number of tetrazole rings is 1. The van der Waals surface area contributed by atoms with Gasteiger partial charge in [-0.3, -0.25) is 0 Å². The van der Waals surface area contributed by atoms with Crippen LogP contribution in [0.4, 0.5) is 0 Å². The fourth-order valence-electron chi connectivity index (χ4n) is 3.45. The molecule has 1 aliphatic carbocycles. The van der Waals surface area contributed by atoms with Crippen LogP contribution < -0.4 is 5.32 Å². The molecule has 0 aliphatic heterocycles. The molecule has 1 aliphatic rings. The van der Waals surface area contributed by atoms with Crippen LogP contribution in [0.2, 0.25) is 5.02 Å². The van der Waals surface area contributed by atoms with Gasteiger partial charge in [0.15, 0.2) is 5.82 Å². The summed E-state index contributed by atoms with van der Waals surface area (Å²) in [6.07, 6.45) is 4.49. The maximum Gasteiger partial charge on any atom is 0.176 e. The second kappa shape index (κ2) is 6.57. The molecule has 0 atom stereocenters. The first-order valence-corrected chi connectivity index (χ1v) is 8.74. The number of hydrogen-bond donors (Lipinski definition) is 1. The van der Waals surface area contributed by atoms with Crippen LogP contribution in [0.3, 0.4) is 0 Å². The SMILES string of the molecule is CCNC1(c2nnnn2-c2ccc(C)c(Cl)c2)CCC(C)CC1. The number of hydrogen-bond acceptors (Lipinski definition) is 4. The molecule has 124 valence electrons. The zero-order valence-corrected chi connectivity index (χ0v) is 14.8. The first kappa shape index (κ1) is 16.4. The van der Waals surface area contributed by atoms with E-state index in [0.717, 1.165) is 47.4 Å². The summed E-state index contributed by atoms with van der Waals surface area (Å²) in [5.41, 5.74) is 1.82. The van der Waals surface area contributed by atoms with E-state index in [4.69, 9.17) is 11.6 Å². The molecule has 1 saturated carbocycles. The number of nitrogens with one attached hydrogen (secondary N) is 1. The van der Waals surface area contributed by atoms with Gasteiger partial charge in [0.2, 0.25) is 0 Å². The van der Waals surface area contributed by atoms with Crippen LogP contribution in [-0.2, 0) is 5.54 Å². The average Bonchev–Trinajstić information content (AvgIpc) is 3.03. The Morgan fingerprint density at radius 3 is 2.74 bits per heavy atom. The third kappa shape index (κ3) is 3.12. The predicted octanol–water partition coefficient (Wildman–Crippen LogP) is 3.64. The molecule has 0 radical (unpaired) electrons. The maximum atomic E-state index is 6.29. The van der Waals surface area contributed by atoms with E-state index < -0.39 is 0 Å². The van der Waals surface area contributed by atoms with Crippen molar-refractivity contribution in [2.45, 2.75) is 52.0 Å². The zero-order chi connectivity index (χ0) is 16.4. The van der Waals surface area contributed by atoms with Crippen LogP contribution in [0.5, 0.6) is 0 Å². The van der Waals surface area contributed by atoms with Crippen molar-refractivity contribution >= 4 is 11.6 Å². The van der Waals surface area contributed by atoms with E-state index >= 15 is 0 Å². The van der Waals surface area contributed by atoms with E-state index in [9.17, 15) is 0 Å². The Bertz CT molecular complexity index is 673. The molecule has 5 nitrogen and oxygen atoms in total. The summed E-state index contributed by atoms with van der Waals surface area (Å²) in [5, 5.41) is 17.0. The van der Waals surface area contributed by atoms with Gasteiger partial charge in [-0.1, -0.05) is 31.5 Å². The van der Waals surface area contributed by atoms with Crippen LogP contribution in [-0.4, -0.2) is 26.8 Å². The second-order valence-electron chi connectivity index (χ2n) is 6.64. The average molecular weight is 334 g/mol. The van der Waals surface area contributed by atoms with Crippen LogP contribution in [0.15, 0.2) is 18.2 Å². The van der Waals surface area contributed by atoms with Gasteiger partial charge >= 0.3 is 0 Å². The summed E-state index contributed by atoms with van der Waals surface area (Å²) in [6, 6.07) is 5.96. The van der Waals surface area contributed by atoms with E-state index in [1.54, 1.807) is 0 Å². The van der Waals surface area contributed by atoms with Gasteiger partial charge in [0, 0.05) is 5.02 Å². The Kier molecular flexibility index (Phi) is 4.69. The van der Waals surface area contributed by atoms with Gasteiger partial charge in [0.1, 0.15) is 0 Å². The highest BCUT2D eigenvalue weighted by atomic mass is 35.5. The molecule has 1 heterocycles. The second-order valence-corrected chi connectivity index (χ2v) is 7.05. The van der Waals surface area contributed by atoms with Crippen molar-refractivity contribution in [3.8, 4) is 5.69 Å². The first-order chi connectivity index (χ1) is 11.1. The van der Waals surface area contributed by atoms with Gasteiger partial charge in [-0.05, 0) is 73.2 Å². The van der Waals surface area contributed by atoms with E-state index in [0.29, 0.717) is 0 Å². The molecular formula is C17H24ClN5. The third-order valence-corrected chi connectivity index (χ3v) is 5.35. The molecule has 1 aromatic heterocycles. The molecule has 2 aromatic rings. The highest BCUT2D eigenvalue weighted by Crippen LogP contribution is 2.39. The molecule has 0 unspecified atom stereocenters. The lowest BCUT2D eigenvalue weighted by atomic mass is 9.76. The van der Waals surface area contributed by atoms with Crippen molar-refractivity contribution < 1.29 is 0 Å². The van der Waals surface area contributed by atoms with Crippen molar-refractivity contribution in [1.82, 2.24) is 25.5 Å². The molecule has 1 aromatic carbocycles. The zero-order valence-electron chi connectivity index (χ0n) is 14.0. The van der Waals surface area contributed by atoms with E-state index in [-0.39, 0.29) is 5.54 Å². The molecule has 0 bridgehead atoms. The summed E-state index contributed by atoms with van der Waals surface area (Å²) in [6.45, 7) is 7.35. The van der Waals surface area contributed by atoms with Gasteiger partial charge in [0.25, 0.3) is 0 Å². The minimum absolute atomic E-state index is 0.151. The van der Waals surface area contributed by atoms with E-state index in [2.05, 4.69) is 34.7 Å². The van der Waals surface area contributed by atoms with E-state index in [1.807, 2.05) is 29.8 Å². The number of benzene rings is 1. The molecule has 1 fully saturated rings. The van der Waals surface area contributed by atoms with Gasteiger partial charge in [-0.15, -0.1) is 5.10 Å². The summed E-state index contributed by atoms with van der Waals surface area (Å²) in [7, 11) is 0. The lowest BCUT2D eigenvalue weighted by Crippen LogP contribution is -2.47. The van der Waals surface area contributed by atoms with Crippen LogP contribution in [0, 0.1) is 12.8 Å². The molecule has 0 spiro atoms. The van der Waals surface area contributed by atoms with Crippen molar-refractivity contribution in [2.24, 2.45) is 5.92 Å². The summed E-state index contributed by atoms with van der Waals surface area (Å²) >= 11 is 6.29. The Balaban J connectivity index is 2.02. The first-order valence-electron chi connectivity index (χ1n) is 8.36. The smallest absolute Gasteiger partial charge is 0.176 e. The normalized spacial score (nSPS) is 24.8. The van der Waals surface area contributed by atoms with Gasteiger partial charge < -0.3 is 5.32 Å². The minimum Gasteiger partial charge on any atom is -0.305 e. The number of rotatable bonds is 4. The van der Waals surface area contributed by atoms with Crippen molar-refractivity contribution in [3.63, 3.8) is 0 Å². The van der Waals surface area contributed by atoms with Gasteiger partial charge in [-0.2, -0.15) is 4.68 Å². The van der Waals surface area contributed by atoms with Gasteiger partial charge in [0.05, 0.1) is 11.2 Å². The summed E-state index contributed by atoms with van der Waals surface area (Å²) in [4.78, 5) is 0. The number of nitrogens with zero attached hydrogens (tertiary/aromatic N) is 4. The molecule has 0 amide bonds. The molecule has 0 saturated heterocycles. The largest absolute Gasteiger partial charge is 0.305 e. The third-order valence-electron chi connectivity index (χ3n) is 4.94. The number of aryl methyl sites for hydroxylation is 1. The van der Waals surface area contributed by atoms with Crippen LogP contribution in [0.25, 0.3) is 5.69 Å². The van der Waals surface area contributed by atoms with Crippen LogP contribution in [0.1, 0.15) is 50.9 Å². The lowest BCUT2D eigenvalue weighted by molar-refractivity contribution is 0.185. The fraction of sp³-hybridized carbons (Fsp3) is 0.588. The number of halogens is 1. The highest BCUT2D eigenvalue weighted by Gasteiger charge is 2.40. The molecule has 3 rings (SSSR count). The Morgan fingerprint density at radius 2 is 2.09 bits per heavy atom. The number of aromatic nitrogens is 4. The quantitative estimate of drug-likeness (QED) is 0.928. The van der Waals surface area contributed by atoms with Gasteiger partial charge in [-0.25, -0.2) is 0 Å². The topological polar surface area (TPSA) is 55.6 Å². The molecular weight excluding hydrogens is 310 g/mol. The Labute approximate surface area is 142 Å². The minimum atomic E-state index is -0.151. The monoisotopic (exact) mass is 333 g/mol. The molecule has 1 N–H and O–H groups in total. The highest BCUT2D eigenvalue weighted by molar-refractivity contribution is 6.31.